The highest BCUT2D eigenvalue weighted by Crippen LogP contribution is 2.36. The molecule has 0 bridgehead atoms. The van der Waals surface area contributed by atoms with Crippen molar-refractivity contribution in [2.45, 2.75) is 4.90 Å². The molecule has 9 heteroatoms. The summed E-state index contributed by atoms with van der Waals surface area (Å²) in [5.41, 5.74) is 0.644. The molecule has 0 unspecified atom stereocenters. The molecule has 22 heavy (non-hydrogen) atoms. The Morgan fingerprint density at radius 3 is 2.45 bits per heavy atom. The van der Waals surface area contributed by atoms with Crippen LogP contribution in [0.15, 0.2) is 52.7 Å². The van der Waals surface area contributed by atoms with Crippen molar-refractivity contribution in [1.82, 2.24) is 4.98 Å². The summed E-state index contributed by atoms with van der Waals surface area (Å²) in [6.07, 6.45) is 0. The van der Waals surface area contributed by atoms with Crippen LogP contribution in [0.2, 0.25) is 4.34 Å². The number of halogens is 2. The maximum atomic E-state index is 12.4. The largest absolute Gasteiger partial charge is 0.280 e. The molecule has 0 fully saturated rings. The van der Waals surface area contributed by atoms with Gasteiger partial charge in [0.1, 0.15) is 0 Å². The van der Waals surface area contributed by atoms with Crippen molar-refractivity contribution in [3.63, 3.8) is 0 Å². The fourth-order valence-corrected chi connectivity index (χ4v) is 5.16. The Kier molecular flexibility index (Phi) is 4.42. The molecule has 2 aromatic heterocycles. The number of sulfonamides is 1. The molecule has 0 amide bonds. The monoisotopic (exact) mass is 390 g/mol. The molecule has 0 aliphatic rings. The normalized spacial score (nSPS) is 11.5. The Hall–Kier alpha value is -1.12. The summed E-state index contributed by atoms with van der Waals surface area (Å²) in [6.45, 7) is 0. The Bertz CT molecular complexity index is 891. The molecule has 0 saturated carbocycles. The minimum absolute atomic E-state index is 0.112. The van der Waals surface area contributed by atoms with Crippen molar-refractivity contribution in [1.29, 1.82) is 0 Å². The van der Waals surface area contributed by atoms with Crippen LogP contribution >= 0.6 is 46.1 Å². The minimum Gasteiger partial charge on any atom is -0.217 e. The third-order valence-corrected chi connectivity index (χ3v) is 7.18. The number of nitrogens with zero attached hydrogens (tertiary/aromatic N) is 2. The summed E-state index contributed by atoms with van der Waals surface area (Å²) >= 11 is 14.4. The van der Waals surface area contributed by atoms with Gasteiger partial charge in [-0.1, -0.05) is 29.8 Å². The summed E-state index contributed by atoms with van der Waals surface area (Å²) in [4.78, 5) is 5.24. The number of aromatic nitrogens is 1. The Balaban J connectivity index is 1.93. The molecule has 0 saturated heterocycles. The summed E-state index contributed by atoms with van der Waals surface area (Å²) < 4.78 is 26.2. The Labute approximate surface area is 145 Å². The van der Waals surface area contributed by atoms with Gasteiger partial charge >= 0.3 is 0 Å². The van der Waals surface area contributed by atoms with Crippen LogP contribution in [0.3, 0.4) is 0 Å². The SMILES string of the molecule is O=S(=O)(c1ccccc1)N(Cl)c1nc(-c2ccc(Cl)s2)cs1. The maximum absolute atomic E-state index is 12.4. The zero-order valence-corrected chi connectivity index (χ0v) is 14.8. The number of hydrogen-bond donors (Lipinski definition) is 0. The number of benzene rings is 1. The fraction of sp³-hybridized carbons (Fsp3) is 0. The second-order valence-corrected chi connectivity index (χ2v) is 9.03. The predicted molar refractivity (Wildman–Crippen MR) is 92.4 cm³/mol. The molecule has 4 nitrogen and oxygen atoms in total. The first kappa shape index (κ1) is 15.8. The molecule has 3 rings (SSSR count). The fourth-order valence-electron chi connectivity index (χ4n) is 1.70. The molecule has 2 heterocycles. The molecule has 3 aromatic rings. The van der Waals surface area contributed by atoms with Crippen LogP contribution < -0.4 is 3.82 Å². The van der Waals surface area contributed by atoms with Crippen molar-refractivity contribution in [2.75, 3.05) is 3.82 Å². The lowest BCUT2D eigenvalue weighted by molar-refractivity contribution is 0.598. The molecule has 0 spiro atoms. The van der Waals surface area contributed by atoms with Crippen molar-refractivity contribution in [3.8, 4) is 10.6 Å². The molecule has 0 N–H and O–H groups in total. The van der Waals surface area contributed by atoms with Gasteiger partial charge in [-0.15, -0.1) is 26.5 Å². The minimum atomic E-state index is -3.83. The highest BCUT2D eigenvalue weighted by atomic mass is 35.5. The van der Waals surface area contributed by atoms with Gasteiger partial charge in [-0.3, -0.25) is 0 Å². The third-order valence-electron chi connectivity index (χ3n) is 2.72. The Morgan fingerprint density at radius 2 is 1.82 bits per heavy atom. The number of anilines is 1. The van der Waals surface area contributed by atoms with E-state index in [0.29, 0.717) is 13.9 Å². The van der Waals surface area contributed by atoms with Crippen molar-refractivity contribution < 1.29 is 8.42 Å². The van der Waals surface area contributed by atoms with Crippen LogP contribution in [0.25, 0.3) is 10.6 Å². The smallest absolute Gasteiger partial charge is 0.217 e. The van der Waals surface area contributed by atoms with Crippen molar-refractivity contribution in [3.05, 3.63) is 52.2 Å². The van der Waals surface area contributed by atoms with Crippen LogP contribution in [0, 0.1) is 0 Å². The molecule has 114 valence electrons. The van der Waals surface area contributed by atoms with Gasteiger partial charge in [-0.05, 0) is 24.3 Å². The first-order valence-corrected chi connectivity index (χ1v) is 9.81. The lowest BCUT2D eigenvalue weighted by Gasteiger charge is -2.12. The van der Waals surface area contributed by atoms with Crippen LogP contribution in [0.4, 0.5) is 5.13 Å². The molecular formula is C13H8Cl2N2O2S3. The highest BCUT2D eigenvalue weighted by molar-refractivity contribution is 7.94. The Morgan fingerprint density at radius 1 is 1.09 bits per heavy atom. The third kappa shape index (κ3) is 3.00. The van der Waals surface area contributed by atoms with E-state index < -0.39 is 10.0 Å². The van der Waals surface area contributed by atoms with Gasteiger partial charge in [-0.25, -0.2) is 4.98 Å². The van der Waals surface area contributed by atoms with Crippen molar-refractivity contribution >= 4 is 61.2 Å². The summed E-state index contributed by atoms with van der Waals surface area (Å²) in [7, 11) is -3.83. The molecule has 0 aliphatic carbocycles. The van der Waals surface area contributed by atoms with Gasteiger partial charge in [0.2, 0.25) is 5.13 Å². The second-order valence-electron chi connectivity index (χ2n) is 4.15. The van der Waals surface area contributed by atoms with E-state index in [0.717, 1.165) is 16.2 Å². The van der Waals surface area contributed by atoms with Gasteiger partial charge in [0.15, 0.2) is 0 Å². The summed E-state index contributed by atoms with van der Waals surface area (Å²) in [5.74, 6) is 0. The van der Waals surface area contributed by atoms with E-state index in [9.17, 15) is 8.42 Å². The number of rotatable bonds is 4. The topological polar surface area (TPSA) is 50.3 Å². The zero-order valence-electron chi connectivity index (χ0n) is 10.8. The van der Waals surface area contributed by atoms with Crippen LogP contribution in [-0.4, -0.2) is 13.4 Å². The van der Waals surface area contributed by atoms with E-state index in [1.807, 2.05) is 6.07 Å². The van der Waals surface area contributed by atoms with Gasteiger partial charge in [-0.2, -0.15) is 8.42 Å². The van der Waals surface area contributed by atoms with E-state index in [4.69, 9.17) is 23.4 Å². The number of hydrogen-bond acceptors (Lipinski definition) is 5. The van der Waals surface area contributed by atoms with E-state index in [2.05, 4.69) is 4.98 Å². The lowest BCUT2D eigenvalue weighted by Crippen LogP contribution is -2.21. The molecular weight excluding hydrogens is 383 g/mol. The second kappa shape index (κ2) is 6.17. The number of thiazole rings is 1. The standard InChI is InChI=1S/C13H8Cl2N2O2S3/c14-12-7-6-11(21-12)10-8-20-13(16-10)17(15)22(18,19)9-4-2-1-3-5-9/h1-8H. The molecule has 0 atom stereocenters. The summed E-state index contributed by atoms with van der Waals surface area (Å²) in [6, 6.07) is 11.6. The maximum Gasteiger partial charge on any atom is 0.280 e. The van der Waals surface area contributed by atoms with E-state index in [1.165, 1.54) is 23.5 Å². The average Bonchev–Trinajstić information content (AvgIpc) is 3.16. The highest BCUT2D eigenvalue weighted by Gasteiger charge is 2.26. The van der Waals surface area contributed by atoms with Gasteiger partial charge in [0.05, 0.1) is 19.8 Å². The first-order chi connectivity index (χ1) is 10.5. The summed E-state index contributed by atoms with van der Waals surface area (Å²) in [5, 5.41) is 1.93. The van der Waals surface area contributed by atoms with Gasteiger partial charge in [0, 0.05) is 17.2 Å². The van der Waals surface area contributed by atoms with Crippen molar-refractivity contribution in [2.24, 2.45) is 0 Å². The predicted octanol–water partition coefficient (Wildman–Crippen LogP) is 4.87. The molecule has 0 radical (unpaired) electrons. The average molecular weight is 391 g/mol. The first-order valence-electron chi connectivity index (χ1n) is 5.96. The van der Waals surface area contributed by atoms with E-state index >= 15 is 0 Å². The van der Waals surface area contributed by atoms with Gasteiger partial charge in [0.25, 0.3) is 10.0 Å². The molecule has 0 aliphatic heterocycles. The van der Waals surface area contributed by atoms with Crippen LogP contribution in [-0.2, 0) is 10.0 Å². The quantitative estimate of drug-likeness (QED) is 0.596. The van der Waals surface area contributed by atoms with E-state index in [-0.39, 0.29) is 10.0 Å². The van der Waals surface area contributed by atoms with Crippen LogP contribution in [0.1, 0.15) is 0 Å². The lowest BCUT2D eigenvalue weighted by atomic mass is 10.4. The van der Waals surface area contributed by atoms with Gasteiger partial charge < -0.3 is 0 Å². The zero-order chi connectivity index (χ0) is 15.7. The number of thiophene rings is 1. The van der Waals surface area contributed by atoms with E-state index in [1.54, 1.807) is 29.6 Å². The van der Waals surface area contributed by atoms with Crippen LogP contribution in [0.5, 0.6) is 0 Å². The molecule has 1 aromatic carbocycles.